The molecule has 0 spiro atoms. The number of esters is 1. The lowest BCUT2D eigenvalue weighted by Crippen LogP contribution is -2.36. The van der Waals surface area contributed by atoms with Gasteiger partial charge < -0.3 is 14.0 Å². The van der Waals surface area contributed by atoms with E-state index in [1.807, 2.05) is 0 Å². The Morgan fingerprint density at radius 1 is 1.40 bits per heavy atom. The van der Waals surface area contributed by atoms with Crippen molar-refractivity contribution in [3.63, 3.8) is 0 Å². The second kappa shape index (κ2) is 10.5. The van der Waals surface area contributed by atoms with Crippen molar-refractivity contribution in [2.45, 2.75) is 38.6 Å². The Morgan fingerprint density at radius 3 is 2.69 bits per heavy atom. The highest BCUT2D eigenvalue weighted by Gasteiger charge is 2.48. The maximum Gasteiger partial charge on any atom is 0.459 e. The van der Waals surface area contributed by atoms with Crippen molar-refractivity contribution in [3.8, 4) is 11.8 Å². The van der Waals surface area contributed by atoms with Gasteiger partial charge in [0, 0.05) is 12.3 Å². The van der Waals surface area contributed by atoms with E-state index in [9.17, 15) is 28.6 Å². The van der Waals surface area contributed by atoms with E-state index in [-0.39, 0.29) is 18.8 Å². The summed E-state index contributed by atoms with van der Waals surface area (Å²) in [4.78, 5) is 37.6. The molecule has 1 saturated heterocycles. The Labute approximate surface area is 199 Å². The molecule has 0 aliphatic carbocycles. The summed E-state index contributed by atoms with van der Waals surface area (Å²) in [6, 6.07) is 6.79. The Morgan fingerprint density at radius 2 is 2.09 bits per heavy atom. The molecule has 14 heteroatoms. The maximum atomic E-state index is 13.5. The van der Waals surface area contributed by atoms with Gasteiger partial charge in [-0.2, -0.15) is 10.3 Å². The molecule has 5 atom stereocenters. The molecule has 1 aliphatic rings. The SMILES string of the molecule is COC(=O)[C@H](C)NP(=O)(OC[C@@H]1C[C@@](C)(C#N)[C@H](n2ccc(=O)[nH]c2=O)O1)Oc1ccc(F)cc1. The van der Waals surface area contributed by atoms with Crippen LogP contribution in [0.3, 0.4) is 0 Å². The number of benzene rings is 1. The number of carbonyl (C=O) groups is 1. The molecule has 2 N–H and O–H groups in total. The molecule has 12 nitrogen and oxygen atoms in total. The number of nitriles is 1. The number of nitrogens with zero attached hydrogens (tertiary/aromatic N) is 2. The number of aromatic nitrogens is 2. The highest BCUT2D eigenvalue weighted by Crippen LogP contribution is 2.48. The molecule has 188 valence electrons. The van der Waals surface area contributed by atoms with Crippen LogP contribution in [0.5, 0.6) is 5.75 Å². The van der Waals surface area contributed by atoms with E-state index in [1.165, 1.54) is 25.3 Å². The number of carbonyl (C=O) groups excluding carboxylic acids is 1. The summed E-state index contributed by atoms with van der Waals surface area (Å²) in [6.45, 7) is 2.60. The van der Waals surface area contributed by atoms with Crippen LogP contribution in [0.2, 0.25) is 0 Å². The number of hydrogen-bond acceptors (Lipinski definition) is 9. The first-order chi connectivity index (χ1) is 16.5. The van der Waals surface area contributed by atoms with Gasteiger partial charge in [0.15, 0.2) is 6.23 Å². The highest BCUT2D eigenvalue weighted by molar-refractivity contribution is 7.52. The number of hydrogen-bond donors (Lipinski definition) is 2. The van der Waals surface area contributed by atoms with E-state index in [4.69, 9.17) is 13.8 Å². The summed E-state index contributed by atoms with van der Waals surface area (Å²) in [6.07, 6.45) is -0.580. The summed E-state index contributed by atoms with van der Waals surface area (Å²) in [5.74, 6) is -1.27. The van der Waals surface area contributed by atoms with Crippen molar-refractivity contribution in [3.05, 3.63) is 63.2 Å². The summed E-state index contributed by atoms with van der Waals surface area (Å²) in [5, 5.41) is 12.2. The van der Waals surface area contributed by atoms with Crippen LogP contribution in [-0.2, 0) is 23.4 Å². The van der Waals surface area contributed by atoms with Crippen LogP contribution in [0, 0.1) is 22.6 Å². The number of nitrogens with one attached hydrogen (secondary N) is 2. The molecule has 0 saturated carbocycles. The fourth-order valence-corrected chi connectivity index (χ4v) is 5.03. The summed E-state index contributed by atoms with van der Waals surface area (Å²) in [7, 11) is -3.09. The van der Waals surface area contributed by atoms with Gasteiger partial charge >= 0.3 is 19.4 Å². The number of rotatable bonds is 9. The number of H-pyrrole nitrogens is 1. The topological polar surface area (TPSA) is 162 Å². The van der Waals surface area contributed by atoms with Gasteiger partial charge in [-0.25, -0.2) is 13.8 Å². The average Bonchev–Trinajstić information content (AvgIpc) is 3.15. The third-order valence-corrected chi connectivity index (χ3v) is 6.90. The van der Waals surface area contributed by atoms with E-state index in [0.29, 0.717) is 0 Å². The maximum absolute atomic E-state index is 13.5. The summed E-state index contributed by atoms with van der Waals surface area (Å²) in [5.41, 5.74) is -2.55. The second-order valence-electron chi connectivity index (χ2n) is 8.07. The fourth-order valence-electron chi connectivity index (χ4n) is 3.51. The van der Waals surface area contributed by atoms with E-state index in [2.05, 4.69) is 20.9 Å². The molecule has 2 heterocycles. The first-order valence-corrected chi connectivity index (χ1v) is 12.0. The lowest BCUT2D eigenvalue weighted by molar-refractivity contribution is -0.142. The zero-order valence-electron chi connectivity index (χ0n) is 19.1. The molecular weight excluding hydrogens is 486 g/mol. The number of methoxy groups -OCH3 is 1. The molecule has 1 aromatic heterocycles. The molecule has 35 heavy (non-hydrogen) atoms. The van der Waals surface area contributed by atoms with Gasteiger partial charge in [-0.1, -0.05) is 0 Å². The molecule has 2 aromatic rings. The lowest BCUT2D eigenvalue weighted by Gasteiger charge is -2.24. The molecule has 1 fully saturated rings. The molecule has 3 rings (SSSR count). The van der Waals surface area contributed by atoms with Crippen LogP contribution in [0.25, 0.3) is 0 Å². The molecule has 0 amide bonds. The van der Waals surface area contributed by atoms with Gasteiger partial charge in [0.1, 0.15) is 23.0 Å². The minimum atomic E-state index is -4.24. The van der Waals surface area contributed by atoms with Crippen LogP contribution in [0.1, 0.15) is 26.5 Å². The second-order valence-corrected chi connectivity index (χ2v) is 9.77. The van der Waals surface area contributed by atoms with Crippen LogP contribution in [0.15, 0.2) is 46.1 Å². The standard InChI is InChI=1S/C21H24FN4O8P/c1-13(18(28)31-3)25-35(30,34-15-6-4-14(22)5-7-15)32-11-16-10-21(2,12-23)19(33-16)26-9-8-17(27)24-20(26)29/h4-9,13,16,19H,10-11H2,1-3H3,(H,25,30)(H,24,27,29)/t13-,16-,19+,21-,35?/m0/s1. The summed E-state index contributed by atoms with van der Waals surface area (Å²) < 4.78 is 49.2. The Bertz CT molecular complexity index is 1270. The zero-order chi connectivity index (χ0) is 25.8. The lowest BCUT2D eigenvalue weighted by atomic mass is 9.87. The normalized spacial score (nSPS) is 24.2. The van der Waals surface area contributed by atoms with Crippen LogP contribution in [-0.4, -0.2) is 41.4 Å². The third kappa shape index (κ3) is 6.23. The minimum Gasteiger partial charge on any atom is -0.468 e. The predicted molar refractivity (Wildman–Crippen MR) is 119 cm³/mol. The fraction of sp³-hybridized carbons (Fsp3) is 0.429. The molecule has 1 aliphatic heterocycles. The Balaban J connectivity index is 1.80. The number of ether oxygens (including phenoxy) is 2. The smallest absolute Gasteiger partial charge is 0.459 e. The third-order valence-electron chi connectivity index (χ3n) is 5.25. The molecule has 0 radical (unpaired) electrons. The van der Waals surface area contributed by atoms with Gasteiger partial charge in [-0.15, -0.1) is 0 Å². The first kappa shape index (κ1) is 26.3. The van der Waals surface area contributed by atoms with Crippen molar-refractivity contribution >= 4 is 13.7 Å². The highest BCUT2D eigenvalue weighted by atomic mass is 31.2. The number of aromatic amines is 1. The van der Waals surface area contributed by atoms with Gasteiger partial charge in [-0.3, -0.25) is 23.7 Å². The minimum absolute atomic E-state index is 0.00571. The summed E-state index contributed by atoms with van der Waals surface area (Å²) >= 11 is 0. The van der Waals surface area contributed by atoms with Crippen LogP contribution in [0.4, 0.5) is 4.39 Å². The zero-order valence-corrected chi connectivity index (χ0v) is 20.0. The predicted octanol–water partition coefficient (Wildman–Crippen LogP) is 1.85. The van der Waals surface area contributed by atoms with Crippen molar-refractivity contribution < 1.29 is 32.3 Å². The van der Waals surface area contributed by atoms with E-state index >= 15 is 0 Å². The average molecular weight is 510 g/mol. The van der Waals surface area contributed by atoms with Gasteiger partial charge in [-0.05, 0) is 44.5 Å². The van der Waals surface area contributed by atoms with Gasteiger partial charge in [0.05, 0.1) is 25.9 Å². The Hall–Kier alpha value is -3.30. The quantitative estimate of drug-likeness (QED) is 0.376. The monoisotopic (exact) mass is 510 g/mol. The van der Waals surface area contributed by atoms with Gasteiger partial charge in [0.25, 0.3) is 5.56 Å². The van der Waals surface area contributed by atoms with Crippen molar-refractivity contribution in [2.24, 2.45) is 5.41 Å². The van der Waals surface area contributed by atoms with E-state index in [1.54, 1.807) is 6.92 Å². The first-order valence-electron chi connectivity index (χ1n) is 10.4. The molecule has 0 bridgehead atoms. The van der Waals surface area contributed by atoms with Crippen molar-refractivity contribution in [2.75, 3.05) is 13.7 Å². The molecule has 1 aromatic carbocycles. The van der Waals surface area contributed by atoms with Crippen molar-refractivity contribution in [1.82, 2.24) is 14.6 Å². The van der Waals surface area contributed by atoms with E-state index in [0.717, 1.165) is 29.9 Å². The Kier molecular flexibility index (Phi) is 7.92. The molecule has 1 unspecified atom stereocenters. The van der Waals surface area contributed by atoms with Gasteiger partial charge in [0.2, 0.25) is 0 Å². The number of halogens is 1. The van der Waals surface area contributed by atoms with Crippen molar-refractivity contribution in [1.29, 1.82) is 5.26 Å². The molecular formula is C21H24FN4O8P. The van der Waals surface area contributed by atoms with E-state index < -0.39 is 54.6 Å². The largest absolute Gasteiger partial charge is 0.468 e. The van der Waals surface area contributed by atoms with Crippen LogP contribution < -0.4 is 20.9 Å². The van der Waals surface area contributed by atoms with Crippen LogP contribution >= 0.6 is 7.75 Å².